The molecule has 1 aliphatic rings. The largest absolute Gasteiger partial charge is 0.493 e. The minimum Gasteiger partial charge on any atom is -0.493 e. The maximum absolute atomic E-state index is 11.9. The van der Waals surface area contributed by atoms with E-state index in [-0.39, 0.29) is 5.91 Å². The summed E-state index contributed by atoms with van der Waals surface area (Å²) < 4.78 is 10.8. The van der Waals surface area contributed by atoms with Gasteiger partial charge in [0.2, 0.25) is 5.91 Å². The Kier molecular flexibility index (Phi) is 5.29. The van der Waals surface area contributed by atoms with Crippen molar-refractivity contribution in [3.8, 4) is 11.5 Å². The molecule has 1 unspecified atom stereocenters. The predicted octanol–water partition coefficient (Wildman–Crippen LogP) is 2.84. The van der Waals surface area contributed by atoms with Gasteiger partial charge in [-0.25, -0.2) is 0 Å². The number of alkyl halides is 1. The first kappa shape index (κ1) is 15.2. The van der Waals surface area contributed by atoms with Gasteiger partial charge >= 0.3 is 0 Å². The van der Waals surface area contributed by atoms with Crippen LogP contribution in [0.15, 0.2) is 18.2 Å². The Morgan fingerprint density at radius 2 is 2.20 bits per heavy atom. The third-order valence-corrected chi connectivity index (χ3v) is 4.33. The highest BCUT2D eigenvalue weighted by Crippen LogP contribution is 2.29. The molecule has 0 N–H and O–H groups in total. The van der Waals surface area contributed by atoms with Gasteiger partial charge in [-0.15, -0.1) is 0 Å². The third kappa shape index (κ3) is 3.45. The van der Waals surface area contributed by atoms with Crippen molar-refractivity contribution >= 4 is 21.8 Å². The van der Waals surface area contributed by atoms with E-state index in [1.165, 1.54) is 0 Å². The summed E-state index contributed by atoms with van der Waals surface area (Å²) in [5, 5.41) is 0.877. The van der Waals surface area contributed by atoms with Crippen LogP contribution in [0.2, 0.25) is 0 Å². The second kappa shape index (κ2) is 6.97. The zero-order valence-electron chi connectivity index (χ0n) is 11.9. The maximum Gasteiger partial charge on any atom is 0.223 e. The third-order valence-electron chi connectivity index (χ3n) is 3.41. The van der Waals surface area contributed by atoms with Gasteiger partial charge in [-0.3, -0.25) is 4.79 Å². The van der Waals surface area contributed by atoms with Crippen molar-refractivity contribution < 1.29 is 14.3 Å². The molecule has 5 heteroatoms. The van der Waals surface area contributed by atoms with Crippen LogP contribution in [0.25, 0.3) is 0 Å². The monoisotopic (exact) mass is 341 g/mol. The van der Waals surface area contributed by atoms with Crippen molar-refractivity contribution in [1.82, 2.24) is 4.90 Å². The van der Waals surface area contributed by atoms with Crippen LogP contribution in [0.4, 0.5) is 0 Å². The molecule has 0 radical (unpaired) electrons. The van der Waals surface area contributed by atoms with Crippen molar-refractivity contribution in [2.75, 3.05) is 25.6 Å². The van der Waals surface area contributed by atoms with Gasteiger partial charge in [-0.1, -0.05) is 22.0 Å². The fourth-order valence-corrected chi connectivity index (χ4v) is 2.85. The molecule has 1 aromatic carbocycles. The maximum atomic E-state index is 11.9. The van der Waals surface area contributed by atoms with Gasteiger partial charge in [0, 0.05) is 24.8 Å². The SMILES string of the molecule is CCOc1cc(CN2CC(CBr)CC2=O)ccc1OC. The van der Waals surface area contributed by atoms with Crippen molar-refractivity contribution in [3.63, 3.8) is 0 Å². The fourth-order valence-electron chi connectivity index (χ4n) is 2.42. The predicted molar refractivity (Wildman–Crippen MR) is 81.5 cm³/mol. The normalized spacial score (nSPS) is 18.4. The number of halogens is 1. The Labute approximate surface area is 128 Å². The highest BCUT2D eigenvalue weighted by atomic mass is 79.9. The number of ether oxygens (including phenoxy) is 2. The summed E-state index contributed by atoms with van der Waals surface area (Å²) in [6.45, 7) is 3.98. The van der Waals surface area contributed by atoms with E-state index in [0.29, 0.717) is 25.5 Å². The van der Waals surface area contributed by atoms with Crippen LogP contribution in [0.1, 0.15) is 18.9 Å². The number of likely N-dealkylation sites (tertiary alicyclic amines) is 1. The highest BCUT2D eigenvalue weighted by molar-refractivity contribution is 9.09. The summed E-state index contributed by atoms with van der Waals surface area (Å²) >= 11 is 3.45. The number of rotatable bonds is 6. The Morgan fingerprint density at radius 1 is 1.40 bits per heavy atom. The van der Waals surface area contributed by atoms with Crippen molar-refractivity contribution in [2.24, 2.45) is 5.92 Å². The van der Waals surface area contributed by atoms with Crippen LogP contribution in [-0.2, 0) is 11.3 Å². The van der Waals surface area contributed by atoms with Gasteiger partial charge in [-0.05, 0) is 30.5 Å². The van der Waals surface area contributed by atoms with Gasteiger partial charge in [0.25, 0.3) is 0 Å². The second-order valence-corrected chi connectivity index (χ2v) is 5.56. The lowest BCUT2D eigenvalue weighted by atomic mass is 10.1. The minimum absolute atomic E-state index is 0.225. The Bertz CT molecular complexity index is 478. The molecular formula is C15H20BrNO3. The quantitative estimate of drug-likeness (QED) is 0.747. The van der Waals surface area contributed by atoms with Gasteiger partial charge in [0.1, 0.15) is 0 Å². The number of nitrogens with zero attached hydrogens (tertiary/aromatic N) is 1. The van der Waals surface area contributed by atoms with Crippen molar-refractivity contribution in [2.45, 2.75) is 19.9 Å². The Hall–Kier alpha value is -1.23. The number of methoxy groups -OCH3 is 1. The minimum atomic E-state index is 0.225. The summed E-state index contributed by atoms with van der Waals surface area (Å²) in [6.07, 6.45) is 0.639. The van der Waals surface area contributed by atoms with E-state index in [9.17, 15) is 4.79 Å². The van der Waals surface area contributed by atoms with Crippen LogP contribution < -0.4 is 9.47 Å². The lowest BCUT2D eigenvalue weighted by molar-refractivity contribution is -0.128. The van der Waals surface area contributed by atoms with Crippen LogP contribution in [0.5, 0.6) is 11.5 Å². The number of hydrogen-bond acceptors (Lipinski definition) is 3. The smallest absolute Gasteiger partial charge is 0.223 e. The topological polar surface area (TPSA) is 38.8 Å². The molecular weight excluding hydrogens is 322 g/mol. The van der Waals surface area contributed by atoms with E-state index >= 15 is 0 Å². The average molecular weight is 342 g/mol. The number of benzene rings is 1. The van der Waals surface area contributed by atoms with Crippen LogP contribution in [-0.4, -0.2) is 36.4 Å². The van der Waals surface area contributed by atoms with Gasteiger partial charge < -0.3 is 14.4 Å². The van der Waals surface area contributed by atoms with E-state index in [1.54, 1.807) is 7.11 Å². The van der Waals surface area contributed by atoms with Crippen molar-refractivity contribution in [1.29, 1.82) is 0 Å². The first-order valence-electron chi connectivity index (χ1n) is 6.81. The van der Waals surface area contributed by atoms with Crippen LogP contribution >= 0.6 is 15.9 Å². The molecule has 0 saturated carbocycles. The molecule has 0 aliphatic carbocycles. The lowest BCUT2D eigenvalue weighted by Gasteiger charge is -2.18. The van der Waals surface area contributed by atoms with E-state index in [4.69, 9.17) is 9.47 Å². The summed E-state index contributed by atoms with van der Waals surface area (Å²) in [5.74, 6) is 2.10. The van der Waals surface area contributed by atoms with Crippen LogP contribution in [0, 0.1) is 5.92 Å². The number of hydrogen-bond donors (Lipinski definition) is 0. The molecule has 0 bridgehead atoms. The van der Waals surface area contributed by atoms with E-state index in [0.717, 1.165) is 28.9 Å². The molecule has 1 aliphatic heterocycles. The fraction of sp³-hybridized carbons (Fsp3) is 0.533. The Morgan fingerprint density at radius 3 is 2.80 bits per heavy atom. The second-order valence-electron chi connectivity index (χ2n) is 4.92. The van der Waals surface area contributed by atoms with E-state index in [1.807, 2.05) is 30.0 Å². The van der Waals surface area contributed by atoms with Crippen LogP contribution in [0.3, 0.4) is 0 Å². The molecule has 1 aromatic rings. The van der Waals surface area contributed by atoms with E-state index in [2.05, 4.69) is 15.9 Å². The molecule has 1 fully saturated rings. The molecule has 1 heterocycles. The lowest BCUT2D eigenvalue weighted by Crippen LogP contribution is -2.24. The van der Waals surface area contributed by atoms with Crippen molar-refractivity contribution in [3.05, 3.63) is 23.8 Å². The molecule has 1 saturated heterocycles. The summed E-state index contributed by atoms with van der Waals surface area (Å²) in [6, 6.07) is 5.83. The molecule has 1 atom stereocenters. The first-order valence-corrected chi connectivity index (χ1v) is 7.93. The molecule has 0 spiro atoms. The molecule has 1 amide bonds. The molecule has 20 heavy (non-hydrogen) atoms. The summed E-state index contributed by atoms with van der Waals surface area (Å²) in [4.78, 5) is 13.8. The number of carbonyl (C=O) groups excluding carboxylic acids is 1. The zero-order chi connectivity index (χ0) is 14.5. The van der Waals surface area contributed by atoms with Gasteiger partial charge in [0.15, 0.2) is 11.5 Å². The molecule has 0 aromatic heterocycles. The molecule has 2 rings (SSSR count). The molecule has 110 valence electrons. The standard InChI is InChI=1S/C15H20BrNO3/c1-3-20-14-6-11(4-5-13(14)19-2)9-17-10-12(8-16)7-15(17)18/h4-6,12H,3,7-10H2,1-2H3. The highest BCUT2D eigenvalue weighted by Gasteiger charge is 2.28. The average Bonchev–Trinajstić information content (AvgIpc) is 2.80. The Balaban J connectivity index is 2.09. The number of amides is 1. The number of carbonyl (C=O) groups is 1. The zero-order valence-corrected chi connectivity index (χ0v) is 13.5. The van der Waals surface area contributed by atoms with Gasteiger partial charge in [-0.2, -0.15) is 0 Å². The summed E-state index contributed by atoms with van der Waals surface area (Å²) in [7, 11) is 1.63. The molecule has 4 nitrogen and oxygen atoms in total. The summed E-state index contributed by atoms with van der Waals surface area (Å²) in [5.41, 5.74) is 1.07. The van der Waals surface area contributed by atoms with E-state index < -0.39 is 0 Å². The van der Waals surface area contributed by atoms with Gasteiger partial charge in [0.05, 0.1) is 13.7 Å². The first-order chi connectivity index (χ1) is 9.67.